The molecule has 0 fully saturated rings. The van der Waals surface area contributed by atoms with Crippen molar-refractivity contribution in [2.75, 3.05) is 32.5 Å². The number of nitrogens with zero attached hydrogens (tertiary/aromatic N) is 2. The van der Waals surface area contributed by atoms with E-state index in [0.717, 1.165) is 29.7 Å². The van der Waals surface area contributed by atoms with Gasteiger partial charge in [0.25, 0.3) is 0 Å². The fraction of sp³-hybridized carbons (Fsp3) is 0.320. The van der Waals surface area contributed by atoms with Gasteiger partial charge in [-0.15, -0.1) is 11.3 Å². The maximum absolute atomic E-state index is 13.2. The van der Waals surface area contributed by atoms with Crippen molar-refractivity contribution in [3.05, 3.63) is 81.0 Å². The van der Waals surface area contributed by atoms with Crippen molar-refractivity contribution in [1.29, 1.82) is 0 Å². The largest absolute Gasteiger partial charge is 0.325 e. The molecule has 174 valence electrons. The molecule has 1 amide bonds. The van der Waals surface area contributed by atoms with Crippen molar-refractivity contribution in [3.63, 3.8) is 0 Å². The van der Waals surface area contributed by atoms with Gasteiger partial charge in [0.2, 0.25) is 15.9 Å². The summed E-state index contributed by atoms with van der Waals surface area (Å²) in [5.74, 6) is -0.156. The van der Waals surface area contributed by atoms with Gasteiger partial charge in [-0.1, -0.05) is 30.3 Å². The Labute approximate surface area is 199 Å². The summed E-state index contributed by atoms with van der Waals surface area (Å²) in [5, 5.41) is 5.10. The van der Waals surface area contributed by atoms with Gasteiger partial charge >= 0.3 is 0 Å². The van der Waals surface area contributed by atoms with E-state index in [9.17, 15) is 13.2 Å². The Morgan fingerprint density at radius 3 is 2.58 bits per heavy atom. The number of carbonyl (C=O) groups is 1. The normalized spacial score (nSPS) is 16.6. The Kier molecular flexibility index (Phi) is 6.72. The van der Waals surface area contributed by atoms with Crippen molar-refractivity contribution in [2.24, 2.45) is 0 Å². The molecule has 0 radical (unpaired) electrons. The molecule has 0 aliphatic carbocycles. The van der Waals surface area contributed by atoms with Crippen LogP contribution < -0.4 is 5.32 Å². The lowest BCUT2D eigenvalue weighted by Gasteiger charge is -2.35. The van der Waals surface area contributed by atoms with Crippen LogP contribution in [0.2, 0.25) is 0 Å². The first-order valence-electron chi connectivity index (χ1n) is 10.9. The van der Waals surface area contributed by atoms with E-state index in [0.29, 0.717) is 5.69 Å². The van der Waals surface area contributed by atoms with Crippen molar-refractivity contribution in [3.8, 4) is 0 Å². The lowest BCUT2D eigenvalue weighted by molar-refractivity contribution is -0.117. The summed E-state index contributed by atoms with van der Waals surface area (Å²) < 4.78 is 26.5. The number of sulfonamides is 1. The Hall–Kier alpha value is -2.52. The lowest BCUT2D eigenvalue weighted by Crippen LogP contribution is -2.40. The number of fused-ring (bicyclic) bond motifs is 1. The third-order valence-corrected chi connectivity index (χ3v) is 9.01. The quantitative estimate of drug-likeness (QED) is 0.571. The van der Waals surface area contributed by atoms with E-state index < -0.39 is 10.0 Å². The number of hydrogen-bond acceptors (Lipinski definition) is 5. The molecule has 1 aromatic heterocycles. The van der Waals surface area contributed by atoms with E-state index in [1.54, 1.807) is 23.5 Å². The molecule has 0 saturated carbocycles. The predicted octanol–water partition coefficient (Wildman–Crippen LogP) is 4.20. The van der Waals surface area contributed by atoms with E-state index in [1.807, 2.05) is 32.0 Å². The zero-order chi connectivity index (χ0) is 23.8. The first kappa shape index (κ1) is 23.6. The standard InChI is InChI=1S/C25H29N3O3S2/c1-17-14-20(33(30,31)27(3)4)15-22(18(17)2)26-24(29)16-28-12-10-23-21(11-13-32-23)25(28)19-8-6-5-7-9-19/h5-9,11,13-15,25H,10,12,16H2,1-4H3,(H,26,29). The summed E-state index contributed by atoms with van der Waals surface area (Å²) in [6.07, 6.45) is 0.915. The van der Waals surface area contributed by atoms with Crippen molar-refractivity contribution in [1.82, 2.24) is 9.21 Å². The van der Waals surface area contributed by atoms with Crippen LogP contribution in [0, 0.1) is 13.8 Å². The number of thiophene rings is 1. The number of benzene rings is 2. The minimum atomic E-state index is -3.60. The number of nitrogens with one attached hydrogen (secondary N) is 1. The molecule has 33 heavy (non-hydrogen) atoms. The molecule has 3 aromatic rings. The summed E-state index contributed by atoms with van der Waals surface area (Å²) in [6.45, 7) is 4.75. The molecule has 1 atom stereocenters. The van der Waals surface area contributed by atoms with Crippen LogP contribution in [0.15, 0.2) is 58.8 Å². The Morgan fingerprint density at radius 1 is 1.15 bits per heavy atom. The molecule has 1 aliphatic rings. The van der Waals surface area contributed by atoms with Crippen LogP contribution in [0.4, 0.5) is 5.69 Å². The van der Waals surface area contributed by atoms with Crippen LogP contribution in [0.25, 0.3) is 0 Å². The maximum atomic E-state index is 13.2. The highest BCUT2D eigenvalue weighted by Gasteiger charge is 2.31. The van der Waals surface area contributed by atoms with Crippen LogP contribution in [0.1, 0.15) is 33.2 Å². The third kappa shape index (κ3) is 4.75. The second-order valence-electron chi connectivity index (χ2n) is 8.58. The van der Waals surface area contributed by atoms with Crippen LogP contribution in [-0.4, -0.2) is 50.7 Å². The number of carbonyl (C=O) groups excluding carboxylic acids is 1. The molecular weight excluding hydrogens is 454 g/mol. The topological polar surface area (TPSA) is 69.7 Å². The number of amides is 1. The van der Waals surface area contributed by atoms with Crippen molar-refractivity contribution in [2.45, 2.75) is 31.2 Å². The fourth-order valence-electron chi connectivity index (χ4n) is 4.25. The van der Waals surface area contributed by atoms with E-state index in [-0.39, 0.29) is 23.4 Å². The summed E-state index contributed by atoms with van der Waals surface area (Å²) >= 11 is 1.77. The molecule has 0 spiro atoms. The van der Waals surface area contributed by atoms with E-state index >= 15 is 0 Å². The maximum Gasteiger partial charge on any atom is 0.242 e. The summed E-state index contributed by atoms with van der Waals surface area (Å²) in [5.41, 5.74) is 4.63. The second-order valence-corrected chi connectivity index (χ2v) is 11.7. The summed E-state index contributed by atoms with van der Waals surface area (Å²) in [6, 6.07) is 15.6. The van der Waals surface area contributed by atoms with Crippen LogP contribution >= 0.6 is 11.3 Å². The number of rotatable bonds is 6. The zero-order valence-electron chi connectivity index (χ0n) is 19.3. The van der Waals surface area contributed by atoms with E-state index in [1.165, 1.54) is 28.8 Å². The molecule has 2 heterocycles. The number of anilines is 1. The highest BCUT2D eigenvalue weighted by molar-refractivity contribution is 7.89. The zero-order valence-corrected chi connectivity index (χ0v) is 21.0. The molecule has 1 aliphatic heterocycles. The molecular formula is C25H29N3O3S2. The van der Waals surface area contributed by atoms with Crippen molar-refractivity contribution < 1.29 is 13.2 Å². The Balaban J connectivity index is 1.60. The van der Waals surface area contributed by atoms with Crippen LogP contribution in [0.5, 0.6) is 0 Å². The van der Waals surface area contributed by atoms with Gasteiger partial charge in [-0.2, -0.15) is 0 Å². The average Bonchev–Trinajstić information content (AvgIpc) is 3.25. The van der Waals surface area contributed by atoms with E-state index in [2.05, 4.69) is 33.8 Å². The first-order valence-corrected chi connectivity index (χ1v) is 13.2. The van der Waals surface area contributed by atoms with Gasteiger partial charge in [0.1, 0.15) is 0 Å². The summed E-state index contributed by atoms with van der Waals surface area (Å²) in [7, 11) is -0.598. The van der Waals surface area contributed by atoms with Gasteiger partial charge in [0.05, 0.1) is 17.5 Å². The molecule has 8 heteroatoms. The van der Waals surface area contributed by atoms with Gasteiger partial charge in [-0.05, 0) is 66.1 Å². The lowest BCUT2D eigenvalue weighted by atomic mass is 9.93. The SMILES string of the molecule is Cc1cc(S(=O)(=O)N(C)C)cc(NC(=O)CN2CCc3sccc3C2c2ccccc2)c1C. The monoisotopic (exact) mass is 483 g/mol. The minimum absolute atomic E-state index is 0.0234. The Bertz CT molecular complexity index is 1270. The van der Waals surface area contributed by atoms with Crippen LogP contribution in [-0.2, 0) is 21.2 Å². The highest BCUT2D eigenvalue weighted by Crippen LogP contribution is 2.37. The van der Waals surface area contributed by atoms with Crippen LogP contribution in [0.3, 0.4) is 0 Å². The van der Waals surface area contributed by atoms with Gasteiger partial charge in [0.15, 0.2) is 0 Å². The van der Waals surface area contributed by atoms with Crippen molar-refractivity contribution >= 4 is 33.0 Å². The molecule has 4 rings (SSSR count). The number of aryl methyl sites for hydroxylation is 1. The van der Waals surface area contributed by atoms with Gasteiger partial charge in [-0.25, -0.2) is 12.7 Å². The third-order valence-electron chi connectivity index (χ3n) is 6.22. The fourth-order valence-corrected chi connectivity index (χ4v) is 6.17. The number of hydrogen-bond donors (Lipinski definition) is 1. The second kappa shape index (κ2) is 9.38. The highest BCUT2D eigenvalue weighted by atomic mass is 32.2. The van der Waals surface area contributed by atoms with E-state index in [4.69, 9.17) is 0 Å². The van der Waals surface area contributed by atoms with Gasteiger partial charge in [-0.3, -0.25) is 9.69 Å². The molecule has 0 bridgehead atoms. The van der Waals surface area contributed by atoms with Gasteiger partial charge in [0, 0.05) is 31.2 Å². The molecule has 1 unspecified atom stereocenters. The predicted molar refractivity (Wildman–Crippen MR) is 133 cm³/mol. The molecule has 0 saturated heterocycles. The molecule has 6 nitrogen and oxygen atoms in total. The Morgan fingerprint density at radius 2 is 1.88 bits per heavy atom. The summed E-state index contributed by atoms with van der Waals surface area (Å²) in [4.78, 5) is 16.9. The first-order chi connectivity index (χ1) is 15.7. The average molecular weight is 484 g/mol. The minimum Gasteiger partial charge on any atom is -0.325 e. The molecule has 1 N–H and O–H groups in total. The molecule has 2 aromatic carbocycles. The van der Waals surface area contributed by atoms with Gasteiger partial charge < -0.3 is 5.32 Å². The smallest absolute Gasteiger partial charge is 0.242 e.